The highest BCUT2D eigenvalue weighted by Crippen LogP contribution is 2.30. The molecule has 31 heavy (non-hydrogen) atoms. The summed E-state index contributed by atoms with van der Waals surface area (Å²) in [5.74, 6) is 0.110. The van der Waals surface area contributed by atoms with E-state index in [0.717, 1.165) is 6.26 Å². The molecule has 0 unspecified atom stereocenters. The Morgan fingerprint density at radius 3 is 2.39 bits per heavy atom. The molecule has 3 N–H and O–H groups in total. The Morgan fingerprint density at radius 1 is 1.19 bits per heavy atom. The minimum Gasteiger partial charge on any atom is -0.394 e. The van der Waals surface area contributed by atoms with Gasteiger partial charge in [-0.3, -0.25) is 4.72 Å². The number of aliphatic hydroxyl groups excluding tert-OH is 1. The minimum absolute atomic E-state index is 0.128. The van der Waals surface area contributed by atoms with Crippen molar-refractivity contribution in [1.29, 1.82) is 0 Å². The lowest BCUT2D eigenvalue weighted by Crippen LogP contribution is -2.28. The van der Waals surface area contributed by atoms with Crippen molar-refractivity contribution >= 4 is 33.5 Å². The molecule has 1 aromatic heterocycles. The highest BCUT2D eigenvalue weighted by Gasteiger charge is 2.27. The van der Waals surface area contributed by atoms with E-state index in [1.165, 1.54) is 6.07 Å². The maximum Gasteiger partial charge on any atom is 0.241 e. The van der Waals surface area contributed by atoms with Crippen LogP contribution in [0.15, 0.2) is 18.2 Å². The molecule has 0 saturated heterocycles. The van der Waals surface area contributed by atoms with Crippen molar-refractivity contribution in [3.05, 3.63) is 40.4 Å². The van der Waals surface area contributed by atoms with Gasteiger partial charge in [0.05, 0.1) is 18.9 Å². The Labute approximate surface area is 187 Å². The lowest BCUT2D eigenvalue weighted by molar-refractivity contribution is 0.259. The molecule has 1 heterocycles. The third-order valence-electron chi connectivity index (χ3n) is 4.53. The first-order chi connectivity index (χ1) is 14.3. The van der Waals surface area contributed by atoms with Crippen LogP contribution in [-0.4, -0.2) is 47.4 Å². The molecule has 2 rings (SSSR count). The minimum atomic E-state index is -3.63. The Hall–Kier alpha value is -2.04. The summed E-state index contributed by atoms with van der Waals surface area (Å²) >= 11 is 5.86. The van der Waals surface area contributed by atoms with Crippen LogP contribution >= 0.6 is 11.6 Å². The maximum atomic E-state index is 14.5. The number of aliphatic hydroxyl groups is 1. The van der Waals surface area contributed by atoms with E-state index in [1.54, 1.807) is 12.1 Å². The summed E-state index contributed by atoms with van der Waals surface area (Å²) in [5, 5.41) is 13.0. The van der Waals surface area contributed by atoms with Gasteiger partial charge < -0.3 is 10.4 Å². The van der Waals surface area contributed by atoms with Crippen LogP contribution in [0.5, 0.6) is 0 Å². The lowest BCUT2D eigenvalue weighted by Gasteiger charge is -2.25. The smallest absolute Gasteiger partial charge is 0.241 e. The summed E-state index contributed by atoms with van der Waals surface area (Å²) in [6.07, 6.45) is 1.86. The topological polar surface area (TPSA) is 117 Å². The first-order valence-electron chi connectivity index (χ1n) is 9.84. The summed E-state index contributed by atoms with van der Waals surface area (Å²) in [7, 11) is -3.63. The van der Waals surface area contributed by atoms with Gasteiger partial charge in [0, 0.05) is 11.4 Å². The molecule has 11 heteroatoms. The summed E-state index contributed by atoms with van der Waals surface area (Å²) in [5.41, 5.74) is -0.290. The Morgan fingerprint density at radius 2 is 1.84 bits per heavy atom. The van der Waals surface area contributed by atoms with Gasteiger partial charge in [-0.1, -0.05) is 45.4 Å². The number of anilines is 2. The monoisotopic (exact) mass is 473 g/mol. The van der Waals surface area contributed by atoms with Crippen molar-refractivity contribution in [3.63, 3.8) is 0 Å². The van der Waals surface area contributed by atoms with E-state index in [1.807, 2.05) is 27.7 Å². The zero-order valence-electron chi connectivity index (χ0n) is 18.3. The van der Waals surface area contributed by atoms with Crippen molar-refractivity contribution in [1.82, 2.24) is 15.0 Å². The zero-order chi connectivity index (χ0) is 23.4. The van der Waals surface area contributed by atoms with E-state index < -0.39 is 21.3 Å². The van der Waals surface area contributed by atoms with Crippen LogP contribution in [0.2, 0.25) is 5.02 Å². The van der Waals surface area contributed by atoms with Gasteiger partial charge in [0.1, 0.15) is 11.6 Å². The van der Waals surface area contributed by atoms with Crippen LogP contribution in [0, 0.1) is 11.7 Å². The van der Waals surface area contributed by atoms with Crippen LogP contribution in [0.3, 0.4) is 0 Å². The standard InChI is InChI=1S/C20H29ClFN5O3S/c1-12(2)8-14(11-28)23-18-24-17(25-19(26-18)27-31(5,29)30)10-20(3,4)15-7-6-13(21)9-16(15)22/h6-7,9,12,14,28H,8,10-11H2,1-5H3,(H2,23,24,25,26,27)/t14-/m1/s1. The lowest BCUT2D eigenvalue weighted by atomic mass is 9.81. The number of benzene rings is 1. The van der Waals surface area contributed by atoms with Gasteiger partial charge in [0.25, 0.3) is 0 Å². The molecule has 0 fully saturated rings. The van der Waals surface area contributed by atoms with Gasteiger partial charge in [-0.2, -0.15) is 15.0 Å². The van der Waals surface area contributed by atoms with E-state index in [2.05, 4.69) is 25.0 Å². The quantitative estimate of drug-likeness (QED) is 0.484. The van der Waals surface area contributed by atoms with E-state index in [0.29, 0.717) is 22.9 Å². The van der Waals surface area contributed by atoms with Crippen molar-refractivity contribution in [3.8, 4) is 0 Å². The van der Waals surface area contributed by atoms with E-state index in [4.69, 9.17) is 11.6 Å². The van der Waals surface area contributed by atoms with Crippen LogP contribution < -0.4 is 10.0 Å². The molecule has 2 aromatic rings. The zero-order valence-corrected chi connectivity index (χ0v) is 19.9. The van der Waals surface area contributed by atoms with Crippen molar-refractivity contribution in [2.24, 2.45) is 5.92 Å². The molecule has 0 bridgehead atoms. The fourth-order valence-corrected chi connectivity index (χ4v) is 3.82. The van der Waals surface area contributed by atoms with Crippen molar-refractivity contribution in [2.45, 2.75) is 52.0 Å². The average molecular weight is 474 g/mol. The third-order valence-corrected chi connectivity index (χ3v) is 5.32. The molecule has 1 aromatic carbocycles. The van der Waals surface area contributed by atoms with Crippen molar-refractivity contribution < 1.29 is 17.9 Å². The number of aromatic nitrogens is 3. The summed E-state index contributed by atoms with van der Waals surface area (Å²) in [6, 6.07) is 4.14. The maximum absolute atomic E-state index is 14.5. The number of nitrogens with zero attached hydrogens (tertiary/aromatic N) is 3. The van der Waals surface area contributed by atoms with Crippen LogP contribution in [-0.2, 0) is 21.9 Å². The third kappa shape index (κ3) is 7.86. The Bertz CT molecular complexity index is 1020. The van der Waals surface area contributed by atoms with E-state index >= 15 is 0 Å². The number of hydrogen-bond acceptors (Lipinski definition) is 7. The summed E-state index contributed by atoms with van der Waals surface area (Å²) < 4.78 is 40.1. The first-order valence-corrected chi connectivity index (χ1v) is 12.1. The molecule has 1 atom stereocenters. The number of rotatable bonds is 10. The van der Waals surface area contributed by atoms with Gasteiger partial charge in [-0.05, 0) is 35.4 Å². The van der Waals surface area contributed by atoms with E-state index in [9.17, 15) is 17.9 Å². The second-order valence-electron chi connectivity index (χ2n) is 8.61. The number of nitrogens with one attached hydrogen (secondary N) is 2. The SMILES string of the molecule is CC(C)C[C@H](CO)Nc1nc(CC(C)(C)c2ccc(Cl)cc2F)nc(NS(C)(=O)=O)n1. The van der Waals surface area contributed by atoms with Crippen LogP contribution in [0.25, 0.3) is 0 Å². The molecule has 0 amide bonds. The molecule has 8 nitrogen and oxygen atoms in total. The number of hydrogen-bond donors (Lipinski definition) is 3. The highest BCUT2D eigenvalue weighted by molar-refractivity contribution is 7.91. The van der Waals surface area contributed by atoms with Crippen LogP contribution in [0.1, 0.15) is 45.5 Å². The Balaban J connectivity index is 2.41. The van der Waals surface area contributed by atoms with Gasteiger partial charge in [0.15, 0.2) is 0 Å². The average Bonchev–Trinajstić information content (AvgIpc) is 2.58. The highest BCUT2D eigenvalue weighted by atomic mass is 35.5. The van der Waals surface area contributed by atoms with Gasteiger partial charge >= 0.3 is 0 Å². The summed E-state index contributed by atoms with van der Waals surface area (Å²) in [4.78, 5) is 12.7. The second kappa shape index (κ2) is 10.1. The predicted octanol–water partition coefficient (Wildman–Crippen LogP) is 3.37. The van der Waals surface area contributed by atoms with E-state index in [-0.39, 0.29) is 36.8 Å². The number of halogens is 2. The molecule has 0 aliphatic heterocycles. The molecule has 0 aliphatic carbocycles. The summed E-state index contributed by atoms with van der Waals surface area (Å²) in [6.45, 7) is 7.55. The normalized spacial score (nSPS) is 13.3. The van der Waals surface area contributed by atoms with Crippen LogP contribution in [0.4, 0.5) is 16.3 Å². The Kier molecular flexibility index (Phi) is 8.18. The first kappa shape index (κ1) is 25.2. The molecule has 0 spiro atoms. The molecule has 0 saturated carbocycles. The molecule has 0 aliphatic rings. The van der Waals surface area contributed by atoms with Crippen molar-refractivity contribution in [2.75, 3.05) is 22.9 Å². The van der Waals surface area contributed by atoms with Gasteiger partial charge in [-0.25, -0.2) is 12.8 Å². The van der Waals surface area contributed by atoms with Gasteiger partial charge in [0.2, 0.25) is 21.9 Å². The molecule has 172 valence electrons. The second-order valence-corrected chi connectivity index (χ2v) is 10.8. The fourth-order valence-electron chi connectivity index (χ4n) is 3.23. The molecular weight excluding hydrogens is 445 g/mol. The van der Waals surface area contributed by atoms with Gasteiger partial charge in [-0.15, -0.1) is 0 Å². The number of sulfonamides is 1. The molecular formula is C20H29ClFN5O3S. The largest absolute Gasteiger partial charge is 0.394 e. The predicted molar refractivity (Wildman–Crippen MR) is 120 cm³/mol. The molecule has 0 radical (unpaired) electrons. The fraction of sp³-hybridized carbons (Fsp3) is 0.550.